The van der Waals surface area contributed by atoms with E-state index in [1.807, 2.05) is 46.4 Å². The molecule has 0 fully saturated rings. The van der Waals surface area contributed by atoms with Crippen molar-refractivity contribution in [2.24, 2.45) is 4.99 Å². The molecule has 7 nitrogen and oxygen atoms in total. The van der Waals surface area contributed by atoms with Gasteiger partial charge in [0.25, 0.3) is 0 Å². The molecular formula is C17H22IN5O2S. The minimum Gasteiger partial charge on any atom is -0.497 e. The first-order valence-electron chi connectivity index (χ1n) is 7.91. The van der Waals surface area contributed by atoms with Crippen molar-refractivity contribution in [1.29, 1.82) is 0 Å². The van der Waals surface area contributed by atoms with Crippen molar-refractivity contribution in [2.75, 3.05) is 27.3 Å². The van der Waals surface area contributed by atoms with Crippen molar-refractivity contribution in [2.45, 2.75) is 6.54 Å². The van der Waals surface area contributed by atoms with Gasteiger partial charge in [-0.2, -0.15) is 0 Å². The number of methoxy groups -OCH3 is 1. The summed E-state index contributed by atoms with van der Waals surface area (Å²) < 4.78 is 12.8. The third-order valence-corrected chi connectivity index (χ3v) is 4.30. The van der Waals surface area contributed by atoms with E-state index in [1.165, 1.54) is 0 Å². The zero-order valence-corrected chi connectivity index (χ0v) is 17.8. The summed E-state index contributed by atoms with van der Waals surface area (Å²) in [5.41, 5.74) is 0.976. The molecule has 1 aromatic carbocycles. The van der Waals surface area contributed by atoms with Crippen LogP contribution in [0.15, 0.2) is 47.0 Å². The van der Waals surface area contributed by atoms with E-state index in [0.717, 1.165) is 28.1 Å². The van der Waals surface area contributed by atoms with E-state index in [0.29, 0.717) is 19.7 Å². The van der Waals surface area contributed by atoms with E-state index in [2.05, 4.69) is 20.6 Å². The molecular weight excluding hydrogens is 465 g/mol. The molecule has 0 aliphatic rings. The monoisotopic (exact) mass is 487 g/mol. The van der Waals surface area contributed by atoms with E-state index in [1.54, 1.807) is 25.5 Å². The van der Waals surface area contributed by atoms with Gasteiger partial charge in [0, 0.05) is 24.8 Å². The molecule has 3 rings (SSSR count). The molecule has 0 saturated carbocycles. The van der Waals surface area contributed by atoms with Gasteiger partial charge in [-0.1, -0.05) is 0 Å². The van der Waals surface area contributed by atoms with Gasteiger partial charge in [-0.3, -0.25) is 9.39 Å². The number of hydrogen-bond acceptors (Lipinski definition) is 5. The Bertz CT molecular complexity index is 803. The molecule has 0 unspecified atom stereocenters. The summed E-state index contributed by atoms with van der Waals surface area (Å²) in [6.45, 7) is 1.80. The van der Waals surface area contributed by atoms with E-state index < -0.39 is 0 Å². The molecule has 0 atom stereocenters. The van der Waals surface area contributed by atoms with Gasteiger partial charge >= 0.3 is 0 Å². The van der Waals surface area contributed by atoms with Gasteiger partial charge in [-0.05, 0) is 24.3 Å². The highest BCUT2D eigenvalue weighted by molar-refractivity contribution is 14.0. The van der Waals surface area contributed by atoms with Gasteiger partial charge in [0.15, 0.2) is 10.9 Å². The number of aliphatic imine (C=N–C) groups is 1. The highest BCUT2D eigenvalue weighted by atomic mass is 127. The number of hydrogen-bond donors (Lipinski definition) is 2. The standard InChI is InChI=1S/C17H21N5O2S.HI/c1-18-16(20-11-13-12-22-8-10-25-17(22)21-13)19-7-9-24-15-5-3-14(23-2)4-6-15;/h3-6,8,10,12H,7,9,11H2,1-2H3,(H2,18,19,20);1H. The first-order chi connectivity index (χ1) is 12.3. The Labute approximate surface area is 173 Å². The number of thiazole rings is 1. The summed E-state index contributed by atoms with van der Waals surface area (Å²) in [7, 11) is 3.39. The van der Waals surface area contributed by atoms with Crippen LogP contribution in [0.3, 0.4) is 0 Å². The van der Waals surface area contributed by atoms with Crippen LogP contribution in [-0.4, -0.2) is 42.7 Å². The zero-order valence-electron chi connectivity index (χ0n) is 14.6. The Morgan fingerprint density at radius 3 is 2.69 bits per heavy atom. The number of nitrogens with zero attached hydrogens (tertiary/aromatic N) is 3. The highest BCUT2D eigenvalue weighted by Crippen LogP contribution is 2.16. The van der Waals surface area contributed by atoms with Crippen LogP contribution in [0, 0.1) is 0 Å². The lowest BCUT2D eigenvalue weighted by atomic mass is 10.3. The summed E-state index contributed by atoms with van der Waals surface area (Å²) in [4.78, 5) is 9.73. The van der Waals surface area contributed by atoms with Crippen LogP contribution >= 0.6 is 35.3 Å². The predicted molar refractivity (Wildman–Crippen MR) is 115 cm³/mol. The fourth-order valence-electron chi connectivity index (χ4n) is 2.27. The molecule has 0 aliphatic carbocycles. The van der Waals surface area contributed by atoms with Gasteiger partial charge in [0.2, 0.25) is 0 Å². The molecule has 0 saturated heterocycles. The zero-order chi connectivity index (χ0) is 17.5. The van der Waals surface area contributed by atoms with Crippen LogP contribution in [0.2, 0.25) is 0 Å². The highest BCUT2D eigenvalue weighted by Gasteiger charge is 2.04. The molecule has 140 valence electrons. The van der Waals surface area contributed by atoms with Crippen LogP contribution in [0.25, 0.3) is 4.96 Å². The second kappa shape index (κ2) is 10.2. The quantitative estimate of drug-likeness (QED) is 0.232. The Hall–Kier alpha value is -2.01. The van der Waals surface area contributed by atoms with Crippen LogP contribution < -0.4 is 20.1 Å². The minimum atomic E-state index is 0. The fourth-order valence-corrected chi connectivity index (χ4v) is 2.99. The molecule has 2 aromatic heterocycles. The van der Waals surface area contributed by atoms with E-state index in [9.17, 15) is 0 Å². The molecule has 0 radical (unpaired) electrons. The minimum absolute atomic E-state index is 0. The summed E-state index contributed by atoms with van der Waals surface area (Å²) in [5.74, 6) is 2.34. The molecule has 0 spiro atoms. The van der Waals surface area contributed by atoms with E-state index >= 15 is 0 Å². The molecule has 0 bridgehead atoms. The lowest BCUT2D eigenvalue weighted by Crippen LogP contribution is -2.38. The topological polar surface area (TPSA) is 72.2 Å². The molecule has 2 heterocycles. The van der Waals surface area contributed by atoms with Gasteiger partial charge < -0.3 is 20.1 Å². The molecule has 0 aliphatic heterocycles. The van der Waals surface area contributed by atoms with Crippen molar-refractivity contribution in [1.82, 2.24) is 20.0 Å². The number of imidazole rings is 1. The molecule has 26 heavy (non-hydrogen) atoms. The lowest BCUT2D eigenvalue weighted by molar-refractivity contribution is 0.321. The molecule has 2 N–H and O–H groups in total. The molecule has 9 heteroatoms. The molecule has 0 amide bonds. The Balaban J connectivity index is 0.00000243. The van der Waals surface area contributed by atoms with Gasteiger partial charge in [0.05, 0.1) is 25.9 Å². The number of nitrogens with one attached hydrogen (secondary N) is 2. The van der Waals surface area contributed by atoms with Crippen LogP contribution in [0.5, 0.6) is 11.5 Å². The Morgan fingerprint density at radius 1 is 1.23 bits per heavy atom. The normalized spacial score (nSPS) is 11.1. The van der Waals surface area contributed by atoms with Crippen LogP contribution in [0.1, 0.15) is 5.69 Å². The van der Waals surface area contributed by atoms with Crippen molar-refractivity contribution >= 4 is 46.2 Å². The summed E-state index contributed by atoms with van der Waals surface area (Å²) in [5, 5.41) is 8.48. The number of halogens is 1. The maximum atomic E-state index is 5.68. The van der Waals surface area contributed by atoms with Crippen molar-refractivity contribution in [3.63, 3.8) is 0 Å². The maximum absolute atomic E-state index is 5.68. The number of ether oxygens (including phenoxy) is 2. The van der Waals surface area contributed by atoms with Gasteiger partial charge in [-0.25, -0.2) is 4.98 Å². The number of guanidine groups is 1. The number of aromatic nitrogens is 2. The number of benzene rings is 1. The number of rotatable bonds is 7. The molecule has 3 aromatic rings. The first kappa shape index (κ1) is 20.3. The lowest BCUT2D eigenvalue weighted by Gasteiger charge is -2.12. The second-order valence-corrected chi connectivity index (χ2v) is 6.07. The first-order valence-corrected chi connectivity index (χ1v) is 8.79. The summed E-state index contributed by atoms with van der Waals surface area (Å²) >= 11 is 1.62. The summed E-state index contributed by atoms with van der Waals surface area (Å²) in [6.07, 6.45) is 4.01. The smallest absolute Gasteiger partial charge is 0.193 e. The van der Waals surface area contributed by atoms with E-state index in [-0.39, 0.29) is 24.0 Å². The van der Waals surface area contributed by atoms with Gasteiger partial charge in [-0.15, -0.1) is 35.3 Å². The third kappa shape index (κ3) is 5.49. The maximum Gasteiger partial charge on any atom is 0.193 e. The van der Waals surface area contributed by atoms with Crippen LogP contribution in [0.4, 0.5) is 0 Å². The Morgan fingerprint density at radius 2 is 2.00 bits per heavy atom. The third-order valence-electron chi connectivity index (χ3n) is 3.53. The average molecular weight is 487 g/mol. The van der Waals surface area contributed by atoms with Crippen LogP contribution in [-0.2, 0) is 6.54 Å². The average Bonchev–Trinajstić information content (AvgIpc) is 3.23. The second-order valence-electron chi connectivity index (χ2n) is 5.20. The largest absolute Gasteiger partial charge is 0.497 e. The summed E-state index contributed by atoms with van der Waals surface area (Å²) in [6, 6.07) is 7.52. The van der Waals surface area contributed by atoms with Crippen molar-refractivity contribution in [3.8, 4) is 11.5 Å². The van der Waals surface area contributed by atoms with Gasteiger partial charge in [0.1, 0.15) is 18.1 Å². The van der Waals surface area contributed by atoms with Crippen molar-refractivity contribution < 1.29 is 9.47 Å². The SMILES string of the molecule is CN=C(NCCOc1ccc(OC)cc1)NCc1cn2ccsc2n1.I. The fraction of sp³-hybridized carbons (Fsp3) is 0.294. The Kier molecular flexibility index (Phi) is 7.98. The van der Waals surface area contributed by atoms with E-state index in [4.69, 9.17) is 9.47 Å². The van der Waals surface area contributed by atoms with Crippen molar-refractivity contribution in [3.05, 3.63) is 47.7 Å². The number of fused-ring (bicyclic) bond motifs is 1. The predicted octanol–water partition coefficient (Wildman–Crippen LogP) is 2.77.